The van der Waals surface area contributed by atoms with E-state index < -0.39 is 0 Å². The topological polar surface area (TPSA) is 52.0 Å². The third-order valence-electron chi connectivity index (χ3n) is 0.977. The van der Waals surface area contributed by atoms with Crippen LogP contribution in [0.15, 0.2) is 12.2 Å². The summed E-state index contributed by atoms with van der Waals surface area (Å²) in [6, 6.07) is 0.145. The Bertz CT molecular complexity index is 68.9. The van der Waals surface area contributed by atoms with Crippen molar-refractivity contribution in [3.63, 3.8) is 0 Å². The van der Waals surface area contributed by atoms with Crippen molar-refractivity contribution in [1.82, 2.24) is 0 Å². The van der Waals surface area contributed by atoms with Gasteiger partial charge in [0.25, 0.3) is 0 Å². The van der Waals surface area contributed by atoms with E-state index in [4.69, 9.17) is 11.5 Å². The zero-order valence-electron chi connectivity index (χ0n) is 5.30. The molecule has 0 aliphatic heterocycles. The van der Waals surface area contributed by atoms with Crippen LogP contribution in [-0.4, -0.2) is 12.6 Å². The highest BCUT2D eigenvalue weighted by Crippen LogP contribution is 1.85. The van der Waals surface area contributed by atoms with Crippen molar-refractivity contribution in [3.05, 3.63) is 12.2 Å². The molecule has 0 rings (SSSR count). The van der Waals surface area contributed by atoms with Gasteiger partial charge < -0.3 is 11.5 Å². The molecule has 0 radical (unpaired) electrons. The van der Waals surface area contributed by atoms with E-state index in [-0.39, 0.29) is 6.04 Å². The number of hydrogen-bond donors (Lipinski definition) is 2. The molecule has 0 bridgehead atoms. The lowest BCUT2D eigenvalue weighted by Crippen LogP contribution is -2.28. The van der Waals surface area contributed by atoms with Gasteiger partial charge >= 0.3 is 0 Å². The van der Waals surface area contributed by atoms with Crippen LogP contribution in [0.25, 0.3) is 0 Å². The molecule has 0 aromatic carbocycles. The molecule has 0 aliphatic carbocycles. The average Bonchev–Trinajstić information content (AvgIpc) is 1.83. The average molecular weight is 114 g/mol. The Balaban J connectivity index is 3.10. The minimum atomic E-state index is 0.145. The maximum absolute atomic E-state index is 5.48. The van der Waals surface area contributed by atoms with Gasteiger partial charge in [0, 0.05) is 12.6 Å². The fraction of sp³-hybridized carbons (Fsp3) is 0.667. The molecule has 4 N–H and O–H groups in total. The molecule has 0 aromatic rings. The van der Waals surface area contributed by atoms with Gasteiger partial charge in [-0.2, -0.15) is 0 Å². The quantitative estimate of drug-likeness (QED) is 0.516. The minimum Gasteiger partial charge on any atom is -0.329 e. The predicted molar refractivity (Wildman–Crippen MR) is 36.5 cm³/mol. The highest BCUT2D eigenvalue weighted by Gasteiger charge is 1.91. The van der Waals surface area contributed by atoms with Gasteiger partial charge in [-0.3, -0.25) is 0 Å². The van der Waals surface area contributed by atoms with Crippen LogP contribution in [0.2, 0.25) is 0 Å². The molecule has 0 saturated heterocycles. The summed E-state index contributed by atoms with van der Waals surface area (Å²) in [5.74, 6) is 0. The molecule has 48 valence electrons. The standard InChI is InChI=1S/C6H14N2/c1-2-3-4-6(8)5-7/h2-3,6H,4-5,7-8H2,1H3/b3-2-/t6-/m1/s1. The maximum Gasteiger partial charge on any atom is 0.0197 e. The molecule has 0 spiro atoms. The van der Waals surface area contributed by atoms with Crippen molar-refractivity contribution in [2.24, 2.45) is 11.5 Å². The first-order valence-electron chi connectivity index (χ1n) is 2.88. The first kappa shape index (κ1) is 7.66. The van der Waals surface area contributed by atoms with Crippen LogP contribution < -0.4 is 11.5 Å². The van der Waals surface area contributed by atoms with E-state index in [9.17, 15) is 0 Å². The second-order valence-corrected chi connectivity index (χ2v) is 1.80. The summed E-state index contributed by atoms with van der Waals surface area (Å²) in [4.78, 5) is 0. The van der Waals surface area contributed by atoms with Gasteiger partial charge in [0.05, 0.1) is 0 Å². The first-order chi connectivity index (χ1) is 3.81. The van der Waals surface area contributed by atoms with E-state index in [0.29, 0.717) is 6.54 Å². The smallest absolute Gasteiger partial charge is 0.0197 e. The summed E-state index contributed by atoms with van der Waals surface area (Å²) in [7, 11) is 0. The number of hydrogen-bond acceptors (Lipinski definition) is 2. The van der Waals surface area contributed by atoms with Gasteiger partial charge in [-0.05, 0) is 13.3 Å². The van der Waals surface area contributed by atoms with Crippen molar-refractivity contribution in [3.8, 4) is 0 Å². The van der Waals surface area contributed by atoms with E-state index in [1.165, 1.54) is 0 Å². The maximum atomic E-state index is 5.48. The Labute approximate surface area is 50.6 Å². The lowest BCUT2D eigenvalue weighted by molar-refractivity contribution is 0.693. The molecule has 0 saturated carbocycles. The Morgan fingerprint density at radius 1 is 1.62 bits per heavy atom. The monoisotopic (exact) mass is 114 g/mol. The highest BCUT2D eigenvalue weighted by molar-refractivity contribution is 4.81. The fourth-order valence-electron chi connectivity index (χ4n) is 0.407. The van der Waals surface area contributed by atoms with Crippen molar-refractivity contribution in [2.45, 2.75) is 19.4 Å². The summed E-state index contributed by atoms with van der Waals surface area (Å²) < 4.78 is 0. The molecule has 2 nitrogen and oxygen atoms in total. The van der Waals surface area contributed by atoms with Gasteiger partial charge in [0.1, 0.15) is 0 Å². The van der Waals surface area contributed by atoms with E-state index in [1.54, 1.807) is 0 Å². The van der Waals surface area contributed by atoms with Crippen molar-refractivity contribution < 1.29 is 0 Å². The summed E-state index contributed by atoms with van der Waals surface area (Å²) in [5, 5.41) is 0. The van der Waals surface area contributed by atoms with Crippen LogP contribution in [0.3, 0.4) is 0 Å². The Morgan fingerprint density at radius 3 is 2.62 bits per heavy atom. The van der Waals surface area contributed by atoms with Crippen LogP contribution in [0.4, 0.5) is 0 Å². The molecular formula is C6H14N2. The lowest BCUT2D eigenvalue weighted by atomic mass is 10.2. The molecule has 0 aromatic heterocycles. The molecule has 1 atom stereocenters. The summed E-state index contributed by atoms with van der Waals surface area (Å²) in [6.45, 7) is 2.55. The van der Waals surface area contributed by atoms with E-state index in [2.05, 4.69) is 0 Å². The van der Waals surface area contributed by atoms with Gasteiger partial charge in [0.2, 0.25) is 0 Å². The van der Waals surface area contributed by atoms with Gasteiger partial charge in [-0.15, -0.1) is 0 Å². The van der Waals surface area contributed by atoms with Gasteiger partial charge in [-0.25, -0.2) is 0 Å². The van der Waals surface area contributed by atoms with Gasteiger partial charge in [0.15, 0.2) is 0 Å². The Hall–Kier alpha value is -0.340. The molecule has 0 aliphatic rings. The molecule has 2 heteroatoms. The number of allylic oxidation sites excluding steroid dienone is 1. The molecule has 0 unspecified atom stereocenters. The van der Waals surface area contributed by atoms with Gasteiger partial charge in [-0.1, -0.05) is 12.2 Å². The zero-order chi connectivity index (χ0) is 6.41. The van der Waals surface area contributed by atoms with Crippen molar-refractivity contribution in [2.75, 3.05) is 6.54 Å². The fourth-order valence-corrected chi connectivity index (χ4v) is 0.407. The van der Waals surface area contributed by atoms with Crippen LogP contribution in [0.1, 0.15) is 13.3 Å². The molecule has 0 heterocycles. The third kappa shape index (κ3) is 3.84. The number of nitrogens with two attached hydrogens (primary N) is 2. The molecule has 8 heavy (non-hydrogen) atoms. The van der Waals surface area contributed by atoms with Crippen LogP contribution in [0.5, 0.6) is 0 Å². The zero-order valence-corrected chi connectivity index (χ0v) is 5.30. The van der Waals surface area contributed by atoms with Crippen LogP contribution >= 0.6 is 0 Å². The number of rotatable bonds is 3. The van der Waals surface area contributed by atoms with Crippen molar-refractivity contribution >= 4 is 0 Å². The summed E-state index contributed by atoms with van der Waals surface area (Å²) in [6.07, 6.45) is 4.90. The van der Waals surface area contributed by atoms with E-state index in [1.807, 2.05) is 19.1 Å². The second kappa shape index (κ2) is 4.81. The lowest BCUT2D eigenvalue weighted by Gasteiger charge is -2.01. The minimum absolute atomic E-state index is 0.145. The summed E-state index contributed by atoms with van der Waals surface area (Å²) >= 11 is 0. The van der Waals surface area contributed by atoms with Crippen molar-refractivity contribution in [1.29, 1.82) is 0 Å². The second-order valence-electron chi connectivity index (χ2n) is 1.80. The highest BCUT2D eigenvalue weighted by atomic mass is 14.7. The van der Waals surface area contributed by atoms with Crippen LogP contribution in [-0.2, 0) is 0 Å². The summed E-state index contributed by atoms with van der Waals surface area (Å²) in [5.41, 5.74) is 10.7. The predicted octanol–water partition coefficient (Wildman–Crippen LogP) is 0.239. The SMILES string of the molecule is C/C=C\C[C@@H](N)CN. The third-order valence-corrected chi connectivity index (χ3v) is 0.977. The Morgan fingerprint density at radius 2 is 2.25 bits per heavy atom. The van der Waals surface area contributed by atoms with Crippen LogP contribution in [0, 0.1) is 0 Å². The van der Waals surface area contributed by atoms with E-state index in [0.717, 1.165) is 6.42 Å². The normalized spacial score (nSPS) is 14.9. The Kier molecular flexibility index (Phi) is 4.61. The molecule has 0 fully saturated rings. The molecular weight excluding hydrogens is 100 g/mol. The molecule has 0 amide bonds. The first-order valence-corrected chi connectivity index (χ1v) is 2.88. The van der Waals surface area contributed by atoms with E-state index >= 15 is 0 Å². The largest absolute Gasteiger partial charge is 0.329 e.